The van der Waals surface area contributed by atoms with Crippen LogP contribution in [0.25, 0.3) is 0 Å². The van der Waals surface area contributed by atoms with Gasteiger partial charge in [0.1, 0.15) is 12.4 Å². The van der Waals surface area contributed by atoms with E-state index < -0.39 is 7.69 Å². The van der Waals surface area contributed by atoms with Crippen LogP contribution in [0.1, 0.15) is 5.56 Å². The van der Waals surface area contributed by atoms with Crippen molar-refractivity contribution in [1.82, 2.24) is 0 Å². The van der Waals surface area contributed by atoms with Gasteiger partial charge in [-0.2, -0.15) is 0 Å². The van der Waals surface area contributed by atoms with Crippen molar-refractivity contribution in [2.24, 2.45) is 0 Å². The van der Waals surface area contributed by atoms with Crippen LogP contribution in [-0.2, 0) is 6.61 Å². The molecule has 0 aliphatic heterocycles. The summed E-state index contributed by atoms with van der Waals surface area (Å²) in [7, 11) is -0.750. The molecule has 94 valence electrons. The summed E-state index contributed by atoms with van der Waals surface area (Å²) in [4.78, 5) is 0. The normalized spacial score (nSPS) is 9.06. The second-order valence-electron chi connectivity index (χ2n) is 3.33. The fraction of sp³-hybridized carbons (Fsp3) is 0.0769. The van der Waals surface area contributed by atoms with Gasteiger partial charge in [0.25, 0.3) is 0 Å². The zero-order chi connectivity index (χ0) is 13.2. The predicted octanol–water partition coefficient (Wildman–Crippen LogP) is 2.16. The fourth-order valence-electron chi connectivity index (χ4n) is 1.29. The molecule has 0 amide bonds. The zero-order valence-corrected chi connectivity index (χ0v) is 10.5. The molecule has 0 aromatic heterocycles. The maximum atomic E-state index is 7.12. The van der Waals surface area contributed by atoms with Gasteiger partial charge in [0, 0.05) is 10.6 Å². The standard InChI is InChI=1S/C13H11ClO.BH3O2/c14-13-9-5-4-6-11(13)10-15-12-7-2-1-3-8-12;2-1-3/h1-9H,10H2;1-3H. The molecule has 0 heterocycles. The summed E-state index contributed by atoms with van der Waals surface area (Å²) in [6.45, 7) is 0.504. The first-order valence-corrected chi connectivity index (χ1v) is 5.78. The second-order valence-corrected chi connectivity index (χ2v) is 3.74. The molecule has 0 unspecified atom stereocenters. The summed E-state index contributed by atoms with van der Waals surface area (Å²) in [5.41, 5.74) is 1.00. The van der Waals surface area contributed by atoms with E-state index >= 15 is 0 Å². The third kappa shape index (κ3) is 5.23. The van der Waals surface area contributed by atoms with Gasteiger partial charge in [0.15, 0.2) is 0 Å². The summed E-state index contributed by atoms with van der Waals surface area (Å²) in [5, 5.41) is 15.0. The molecule has 0 saturated carbocycles. The van der Waals surface area contributed by atoms with Crippen LogP contribution in [-0.4, -0.2) is 17.7 Å². The highest BCUT2D eigenvalue weighted by Gasteiger charge is 1.99. The number of para-hydroxylation sites is 1. The average molecular weight is 265 g/mol. The van der Waals surface area contributed by atoms with Crippen molar-refractivity contribution >= 4 is 19.3 Å². The highest BCUT2D eigenvalue weighted by atomic mass is 35.5. The van der Waals surface area contributed by atoms with Gasteiger partial charge >= 0.3 is 7.69 Å². The van der Waals surface area contributed by atoms with E-state index in [4.69, 9.17) is 26.4 Å². The maximum absolute atomic E-state index is 7.12. The van der Waals surface area contributed by atoms with E-state index in [9.17, 15) is 0 Å². The Kier molecular flexibility index (Phi) is 6.95. The number of hydrogen-bond donors (Lipinski definition) is 2. The van der Waals surface area contributed by atoms with Gasteiger partial charge in [-0.05, 0) is 18.2 Å². The summed E-state index contributed by atoms with van der Waals surface area (Å²) < 4.78 is 5.59. The molecule has 0 aliphatic rings. The van der Waals surface area contributed by atoms with Crippen molar-refractivity contribution < 1.29 is 14.8 Å². The smallest absolute Gasteiger partial charge is 0.432 e. The topological polar surface area (TPSA) is 49.7 Å². The molecular formula is C13H14BClO3. The monoisotopic (exact) mass is 264 g/mol. The Labute approximate surface area is 112 Å². The first kappa shape index (κ1) is 14.6. The Balaban J connectivity index is 0.000000492. The summed E-state index contributed by atoms with van der Waals surface area (Å²) in [5.74, 6) is 0.859. The molecule has 0 bridgehead atoms. The number of benzene rings is 2. The number of ether oxygens (including phenoxy) is 1. The van der Waals surface area contributed by atoms with Gasteiger partial charge in [-0.15, -0.1) is 0 Å². The molecule has 2 aromatic carbocycles. The third-order valence-electron chi connectivity index (χ3n) is 2.10. The molecule has 2 N–H and O–H groups in total. The Morgan fingerprint density at radius 2 is 1.50 bits per heavy atom. The lowest BCUT2D eigenvalue weighted by Crippen LogP contribution is -1.95. The van der Waals surface area contributed by atoms with E-state index in [-0.39, 0.29) is 0 Å². The molecule has 0 aliphatic carbocycles. The van der Waals surface area contributed by atoms with Crippen LogP contribution in [0.5, 0.6) is 5.75 Å². The predicted molar refractivity (Wildman–Crippen MR) is 73.8 cm³/mol. The van der Waals surface area contributed by atoms with Crippen LogP contribution >= 0.6 is 11.6 Å². The highest BCUT2D eigenvalue weighted by molar-refractivity contribution is 6.31. The molecule has 0 radical (unpaired) electrons. The van der Waals surface area contributed by atoms with Crippen molar-refractivity contribution in [1.29, 1.82) is 0 Å². The number of rotatable bonds is 3. The SMILES string of the molecule is Clc1ccccc1COc1ccccc1.OBO. The lowest BCUT2D eigenvalue weighted by molar-refractivity contribution is 0.306. The molecule has 0 saturated heterocycles. The molecule has 2 rings (SSSR count). The van der Waals surface area contributed by atoms with E-state index in [1.807, 2.05) is 54.6 Å². The Morgan fingerprint density at radius 1 is 0.944 bits per heavy atom. The summed E-state index contributed by atoms with van der Waals surface area (Å²) in [6, 6.07) is 17.4. The summed E-state index contributed by atoms with van der Waals surface area (Å²) >= 11 is 6.01. The van der Waals surface area contributed by atoms with Gasteiger partial charge in [0.2, 0.25) is 0 Å². The minimum Gasteiger partial charge on any atom is -0.489 e. The molecule has 2 aromatic rings. The van der Waals surface area contributed by atoms with Crippen molar-refractivity contribution in [3.63, 3.8) is 0 Å². The van der Waals surface area contributed by atoms with Crippen molar-refractivity contribution in [3.8, 4) is 5.75 Å². The van der Waals surface area contributed by atoms with Crippen molar-refractivity contribution in [2.75, 3.05) is 0 Å². The van der Waals surface area contributed by atoms with Gasteiger partial charge in [-0.1, -0.05) is 48.0 Å². The van der Waals surface area contributed by atoms with Crippen LogP contribution in [0, 0.1) is 0 Å². The molecule has 5 heteroatoms. The van der Waals surface area contributed by atoms with Gasteiger partial charge < -0.3 is 14.8 Å². The highest BCUT2D eigenvalue weighted by Crippen LogP contribution is 2.17. The van der Waals surface area contributed by atoms with Crippen LogP contribution < -0.4 is 4.74 Å². The van der Waals surface area contributed by atoms with Crippen LogP contribution in [0.3, 0.4) is 0 Å². The molecule has 0 fully saturated rings. The molecule has 18 heavy (non-hydrogen) atoms. The third-order valence-corrected chi connectivity index (χ3v) is 2.46. The zero-order valence-electron chi connectivity index (χ0n) is 9.79. The molecule has 3 nitrogen and oxygen atoms in total. The maximum Gasteiger partial charge on any atom is 0.432 e. The quantitative estimate of drug-likeness (QED) is 0.835. The minimum absolute atomic E-state index is 0.504. The lowest BCUT2D eigenvalue weighted by Gasteiger charge is -2.06. The Hall–Kier alpha value is -1.49. The second kappa shape index (κ2) is 8.58. The molecular weight excluding hydrogens is 250 g/mol. The van der Waals surface area contributed by atoms with E-state index in [0.717, 1.165) is 16.3 Å². The molecule has 0 atom stereocenters. The van der Waals surface area contributed by atoms with Crippen LogP contribution in [0.2, 0.25) is 5.02 Å². The largest absolute Gasteiger partial charge is 0.489 e. The average Bonchev–Trinajstić information content (AvgIpc) is 2.40. The lowest BCUT2D eigenvalue weighted by atomic mass is 10.2. The summed E-state index contributed by atoms with van der Waals surface area (Å²) in [6.07, 6.45) is 0. The van der Waals surface area contributed by atoms with Crippen molar-refractivity contribution in [2.45, 2.75) is 6.61 Å². The first-order chi connectivity index (χ1) is 8.77. The van der Waals surface area contributed by atoms with Crippen LogP contribution in [0.15, 0.2) is 54.6 Å². The van der Waals surface area contributed by atoms with Gasteiger partial charge in [-0.25, -0.2) is 0 Å². The fourth-order valence-corrected chi connectivity index (χ4v) is 1.48. The van der Waals surface area contributed by atoms with Gasteiger partial charge in [-0.3, -0.25) is 0 Å². The van der Waals surface area contributed by atoms with Crippen LogP contribution in [0.4, 0.5) is 0 Å². The number of halogens is 1. The van der Waals surface area contributed by atoms with E-state index in [1.54, 1.807) is 0 Å². The molecule has 0 spiro atoms. The van der Waals surface area contributed by atoms with E-state index in [0.29, 0.717) is 6.61 Å². The Morgan fingerprint density at radius 3 is 2.11 bits per heavy atom. The van der Waals surface area contributed by atoms with Crippen molar-refractivity contribution in [3.05, 3.63) is 65.2 Å². The Bertz CT molecular complexity index is 451. The number of hydrogen-bond acceptors (Lipinski definition) is 3. The van der Waals surface area contributed by atoms with E-state index in [1.165, 1.54) is 0 Å². The minimum atomic E-state index is -0.750. The van der Waals surface area contributed by atoms with Gasteiger partial charge in [0.05, 0.1) is 0 Å². The van der Waals surface area contributed by atoms with E-state index in [2.05, 4.69) is 0 Å². The first-order valence-electron chi connectivity index (χ1n) is 5.41.